The van der Waals surface area contributed by atoms with Crippen molar-refractivity contribution in [3.63, 3.8) is 0 Å². The highest BCUT2D eigenvalue weighted by atomic mass is 19.4. The number of carbonyl (C=O) groups is 2. The lowest BCUT2D eigenvalue weighted by molar-refractivity contribution is -0.274. The summed E-state index contributed by atoms with van der Waals surface area (Å²) in [6, 6.07) is 9.15. The minimum Gasteiger partial charge on any atom is -0.493 e. The molecule has 2 heterocycles. The van der Waals surface area contributed by atoms with Gasteiger partial charge in [-0.1, -0.05) is 18.2 Å². The Labute approximate surface area is 260 Å². The van der Waals surface area contributed by atoms with Crippen molar-refractivity contribution in [3.8, 4) is 17.2 Å². The van der Waals surface area contributed by atoms with Crippen LogP contribution in [0.4, 0.5) is 13.2 Å². The number of ether oxygens (including phenoxy) is 4. The standard InChI is InChI=1S/C34H37F3N2O6/c1-20(40)44-33-14-13-25(38(2)28(41)12-9-21-5-4-6-24(17-21)45-34(35,36)37)31-32(33)15-16-39(19-22-7-8-22)27(33)18-23-10-11-26(42-3)30(43-31)29(23)32/h4-6,9-12,17,22,25,27,31H,7-8,13-16,18-19H2,1-3H3/t25-,27+,31-,32-,33+/m0/s1. The second-order valence-electron chi connectivity index (χ2n) is 13.0. The lowest BCUT2D eigenvalue weighted by atomic mass is 9.48. The fourth-order valence-corrected chi connectivity index (χ4v) is 8.70. The molecule has 3 fully saturated rings. The molecular formula is C34H37F3N2O6. The molecule has 0 radical (unpaired) electrons. The van der Waals surface area contributed by atoms with Gasteiger partial charge >= 0.3 is 12.3 Å². The SMILES string of the molecule is COc1ccc2c3c1O[C@H]1[C@@H](N(C)C(=O)C=Cc4cccc(OC(F)(F)F)c4)CC[C@@]4(OC(C)=O)[C@@H](C2)N(CC2CC2)CC[C@]314. The lowest BCUT2D eigenvalue weighted by Crippen LogP contribution is -2.79. The van der Waals surface area contributed by atoms with E-state index in [0.717, 1.165) is 30.6 Å². The number of hydrogen-bond donors (Lipinski definition) is 0. The Morgan fingerprint density at radius 3 is 2.67 bits per heavy atom. The number of carbonyl (C=O) groups excluding carboxylic acids is 2. The quantitative estimate of drug-likeness (QED) is 0.292. The molecule has 2 bridgehead atoms. The third-order valence-electron chi connectivity index (χ3n) is 10.6. The predicted molar refractivity (Wildman–Crippen MR) is 158 cm³/mol. The fraction of sp³-hybridized carbons (Fsp3) is 0.529. The number of benzene rings is 2. The van der Waals surface area contributed by atoms with Crippen LogP contribution >= 0.6 is 0 Å². The summed E-state index contributed by atoms with van der Waals surface area (Å²) in [7, 11) is 3.33. The number of nitrogens with zero attached hydrogens (tertiary/aromatic N) is 2. The Hall–Kier alpha value is -3.73. The first-order valence-corrected chi connectivity index (χ1v) is 15.6. The van der Waals surface area contributed by atoms with Crippen molar-refractivity contribution in [1.82, 2.24) is 9.80 Å². The number of methoxy groups -OCH3 is 1. The topological polar surface area (TPSA) is 77.5 Å². The summed E-state index contributed by atoms with van der Waals surface area (Å²) in [5.74, 6) is 0.944. The van der Waals surface area contributed by atoms with Gasteiger partial charge in [0.05, 0.1) is 24.6 Å². The van der Waals surface area contributed by atoms with E-state index in [1.165, 1.54) is 50.1 Å². The second-order valence-corrected chi connectivity index (χ2v) is 13.0. The van der Waals surface area contributed by atoms with Crippen molar-refractivity contribution >= 4 is 18.0 Å². The highest BCUT2D eigenvalue weighted by Gasteiger charge is 2.75. The molecular weight excluding hydrogens is 589 g/mol. The van der Waals surface area contributed by atoms with Crippen LogP contribution < -0.4 is 14.2 Å². The van der Waals surface area contributed by atoms with E-state index in [0.29, 0.717) is 42.2 Å². The molecule has 5 aliphatic rings. The third kappa shape index (κ3) is 4.85. The summed E-state index contributed by atoms with van der Waals surface area (Å²) in [6.45, 7) is 3.29. The Balaban J connectivity index is 1.24. The van der Waals surface area contributed by atoms with E-state index in [-0.39, 0.29) is 29.7 Å². The zero-order valence-corrected chi connectivity index (χ0v) is 25.6. The fourth-order valence-electron chi connectivity index (χ4n) is 8.70. The summed E-state index contributed by atoms with van der Waals surface area (Å²) >= 11 is 0. The van der Waals surface area contributed by atoms with Crippen LogP contribution in [-0.4, -0.2) is 79.1 Å². The molecule has 7 rings (SSSR count). The minimum atomic E-state index is -4.81. The van der Waals surface area contributed by atoms with Crippen LogP contribution in [0.1, 0.15) is 55.7 Å². The number of piperidine rings is 1. The molecule has 2 saturated carbocycles. The van der Waals surface area contributed by atoms with Crippen LogP contribution in [0.3, 0.4) is 0 Å². The molecule has 0 N–H and O–H groups in total. The average molecular weight is 627 g/mol. The molecule has 1 saturated heterocycles. The largest absolute Gasteiger partial charge is 0.573 e. The molecule has 2 aromatic carbocycles. The van der Waals surface area contributed by atoms with E-state index in [9.17, 15) is 22.8 Å². The Morgan fingerprint density at radius 2 is 1.96 bits per heavy atom. The van der Waals surface area contributed by atoms with Crippen LogP contribution in [0.15, 0.2) is 42.5 Å². The number of likely N-dealkylation sites (N-methyl/N-ethyl adjacent to an activating group) is 1. The molecule has 2 aliphatic heterocycles. The van der Waals surface area contributed by atoms with Gasteiger partial charge in [-0.3, -0.25) is 14.5 Å². The maximum absolute atomic E-state index is 13.6. The van der Waals surface area contributed by atoms with Gasteiger partial charge < -0.3 is 23.8 Å². The molecule has 11 heteroatoms. The zero-order valence-electron chi connectivity index (χ0n) is 25.6. The predicted octanol–water partition coefficient (Wildman–Crippen LogP) is 5.27. The molecule has 45 heavy (non-hydrogen) atoms. The van der Waals surface area contributed by atoms with Crippen LogP contribution in [0.25, 0.3) is 6.08 Å². The van der Waals surface area contributed by atoms with Crippen molar-refractivity contribution in [1.29, 1.82) is 0 Å². The monoisotopic (exact) mass is 626 g/mol. The number of rotatable bonds is 8. The van der Waals surface area contributed by atoms with Gasteiger partial charge in [0.25, 0.3) is 0 Å². The number of halogens is 3. The number of esters is 1. The summed E-state index contributed by atoms with van der Waals surface area (Å²) in [5.41, 5.74) is 1.10. The molecule has 2 aromatic rings. The summed E-state index contributed by atoms with van der Waals surface area (Å²) in [5, 5.41) is 0. The number of hydrogen-bond acceptors (Lipinski definition) is 7. The van der Waals surface area contributed by atoms with E-state index >= 15 is 0 Å². The van der Waals surface area contributed by atoms with E-state index in [4.69, 9.17) is 14.2 Å². The second kappa shape index (κ2) is 10.7. The van der Waals surface area contributed by atoms with E-state index in [2.05, 4.69) is 15.7 Å². The van der Waals surface area contributed by atoms with Crippen LogP contribution in [0, 0.1) is 5.92 Å². The Bertz CT molecular complexity index is 1560. The first-order valence-electron chi connectivity index (χ1n) is 15.6. The van der Waals surface area contributed by atoms with Crippen LogP contribution in [0.2, 0.25) is 0 Å². The van der Waals surface area contributed by atoms with E-state index in [1.54, 1.807) is 25.1 Å². The smallest absolute Gasteiger partial charge is 0.493 e. The highest BCUT2D eigenvalue weighted by Crippen LogP contribution is 2.67. The molecule has 240 valence electrons. The molecule has 0 aromatic heterocycles. The van der Waals surface area contributed by atoms with Crippen molar-refractivity contribution in [3.05, 3.63) is 59.2 Å². The summed E-state index contributed by atoms with van der Waals surface area (Å²) in [6.07, 6.45) is 2.54. The molecule has 3 aliphatic carbocycles. The maximum atomic E-state index is 13.6. The van der Waals surface area contributed by atoms with Crippen molar-refractivity contribution < 1.29 is 41.7 Å². The first-order chi connectivity index (χ1) is 21.5. The Morgan fingerprint density at radius 1 is 1.16 bits per heavy atom. The van der Waals surface area contributed by atoms with Gasteiger partial charge in [0.15, 0.2) is 11.5 Å². The molecule has 1 amide bonds. The first kappa shape index (κ1) is 30.0. The number of amides is 1. The highest BCUT2D eigenvalue weighted by molar-refractivity contribution is 5.92. The molecule has 0 unspecified atom stereocenters. The van der Waals surface area contributed by atoms with Crippen molar-refractivity contribution in [2.24, 2.45) is 5.92 Å². The molecule has 5 atom stereocenters. The Kier molecular flexibility index (Phi) is 7.11. The third-order valence-corrected chi connectivity index (χ3v) is 10.6. The van der Waals surface area contributed by atoms with Crippen molar-refractivity contribution in [2.75, 3.05) is 27.2 Å². The molecule has 1 spiro atoms. The van der Waals surface area contributed by atoms with Gasteiger partial charge in [0, 0.05) is 32.2 Å². The lowest BCUT2D eigenvalue weighted by Gasteiger charge is -2.65. The van der Waals surface area contributed by atoms with Gasteiger partial charge in [0.2, 0.25) is 5.91 Å². The maximum Gasteiger partial charge on any atom is 0.573 e. The van der Waals surface area contributed by atoms with Gasteiger partial charge in [0.1, 0.15) is 17.5 Å². The van der Waals surface area contributed by atoms with E-state index < -0.39 is 23.5 Å². The van der Waals surface area contributed by atoms with Gasteiger partial charge in [-0.15, -0.1) is 13.2 Å². The van der Waals surface area contributed by atoms with Crippen LogP contribution in [-0.2, 0) is 26.2 Å². The van der Waals surface area contributed by atoms with Gasteiger partial charge in [-0.2, -0.15) is 0 Å². The van der Waals surface area contributed by atoms with Crippen LogP contribution in [0.5, 0.6) is 17.2 Å². The van der Waals surface area contributed by atoms with E-state index in [1.807, 2.05) is 6.07 Å². The zero-order chi connectivity index (χ0) is 31.7. The molecule has 8 nitrogen and oxygen atoms in total. The minimum absolute atomic E-state index is 0.0123. The normalized spacial score (nSPS) is 30.0. The number of likely N-dealkylation sites (tertiary alicyclic amines) is 1. The van der Waals surface area contributed by atoms with Gasteiger partial charge in [-0.25, -0.2) is 0 Å². The van der Waals surface area contributed by atoms with Crippen molar-refractivity contribution in [2.45, 2.75) is 81.0 Å². The average Bonchev–Trinajstić information content (AvgIpc) is 3.73. The van der Waals surface area contributed by atoms with Gasteiger partial charge in [-0.05, 0) is 86.4 Å². The number of alkyl halides is 3. The summed E-state index contributed by atoms with van der Waals surface area (Å²) in [4.78, 5) is 30.7. The summed E-state index contributed by atoms with van der Waals surface area (Å²) < 4.78 is 61.4.